The van der Waals surface area contributed by atoms with Crippen LogP contribution in [0.25, 0.3) is 0 Å². The van der Waals surface area contributed by atoms with Gasteiger partial charge in [-0.05, 0) is 48.2 Å². The number of benzene rings is 1. The molecule has 0 amide bonds. The normalized spacial score (nSPS) is 10.9. The summed E-state index contributed by atoms with van der Waals surface area (Å²) in [5.74, 6) is 0. The highest BCUT2D eigenvalue weighted by atomic mass is 32.1. The van der Waals surface area contributed by atoms with Gasteiger partial charge < -0.3 is 4.57 Å². The summed E-state index contributed by atoms with van der Waals surface area (Å²) in [5.41, 5.74) is 4.18. The predicted molar refractivity (Wildman–Crippen MR) is 114 cm³/mol. The smallest absolute Gasteiger partial charge is 0.255 e. The molecule has 5 nitrogen and oxygen atoms in total. The number of nitrogens with zero attached hydrogens (tertiary/aromatic N) is 3. The van der Waals surface area contributed by atoms with E-state index in [1.165, 1.54) is 36.7 Å². The van der Waals surface area contributed by atoms with Crippen LogP contribution in [0.1, 0.15) is 48.4 Å². The second-order valence-corrected chi connectivity index (χ2v) is 7.39. The lowest BCUT2D eigenvalue weighted by Crippen LogP contribution is -2.19. The van der Waals surface area contributed by atoms with Crippen molar-refractivity contribution in [1.82, 2.24) is 19.5 Å². The molecular weight excluding hydrogens is 368 g/mol. The van der Waals surface area contributed by atoms with Crippen LogP contribution < -0.4 is 5.56 Å². The summed E-state index contributed by atoms with van der Waals surface area (Å²) in [4.78, 5) is 23.1. The molecule has 0 aliphatic rings. The van der Waals surface area contributed by atoms with Gasteiger partial charge in [0.2, 0.25) is 0 Å². The minimum absolute atomic E-state index is 0.148. The molecule has 3 rings (SSSR count). The Bertz CT molecular complexity index is 1010. The molecule has 0 saturated heterocycles. The molecule has 0 radical (unpaired) electrons. The van der Waals surface area contributed by atoms with Gasteiger partial charge in [-0.2, -0.15) is 0 Å². The van der Waals surface area contributed by atoms with Crippen LogP contribution in [-0.2, 0) is 25.8 Å². The van der Waals surface area contributed by atoms with Crippen molar-refractivity contribution in [1.29, 1.82) is 0 Å². The summed E-state index contributed by atoms with van der Waals surface area (Å²) in [6.45, 7) is 2.96. The zero-order valence-corrected chi connectivity index (χ0v) is 17.0. The molecule has 0 aliphatic heterocycles. The van der Waals surface area contributed by atoms with Gasteiger partial charge in [-0.3, -0.25) is 9.78 Å². The molecule has 1 aromatic carbocycles. The van der Waals surface area contributed by atoms with Crippen molar-refractivity contribution in [3.63, 3.8) is 0 Å². The largest absolute Gasteiger partial charge is 0.325 e. The highest BCUT2D eigenvalue weighted by Gasteiger charge is 2.07. The first kappa shape index (κ1) is 20.1. The monoisotopic (exact) mass is 394 g/mol. The molecule has 3 aromatic rings. The third-order valence-electron chi connectivity index (χ3n) is 4.88. The number of aromatic amines is 1. The lowest BCUT2D eigenvalue weighted by atomic mass is 9.99. The average molecular weight is 395 g/mol. The minimum Gasteiger partial charge on any atom is -0.325 e. The zero-order chi connectivity index (χ0) is 19.8. The number of aromatic nitrogens is 4. The summed E-state index contributed by atoms with van der Waals surface area (Å²) in [5, 5.41) is 0. The molecule has 0 atom stereocenters. The van der Waals surface area contributed by atoms with Crippen LogP contribution in [0.2, 0.25) is 0 Å². The molecule has 6 heteroatoms. The lowest BCUT2D eigenvalue weighted by Gasteiger charge is -2.12. The van der Waals surface area contributed by atoms with Crippen molar-refractivity contribution in [3.8, 4) is 0 Å². The van der Waals surface area contributed by atoms with Crippen LogP contribution in [0.4, 0.5) is 0 Å². The first-order chi connectivity index (χ1) is 13.7. The number of H-pyrrole nitrogens is 1. The van der Waals surface area contributed by atoms with Crippen LogP contribution >= 0.6 is 12.2 Å². The summed E-state index contributed by atoms with van der Waals surface area (Å²) in [6.07, 6.45) is 13.0. The molecular formula is C22H26N4OS. The van der Waals surface area contributed by atoms with Crippen LogP contribution in [0.15, 0.2) is 54.0 Å². The molecule has 0 spiro atoms. The molecule has 0 bridgehead atoms. The SMILES string of the molecule is CCCCCc1ccccc1CCn1cc(Cc2cncnc2)c(=O)[nH]c1=S. The highest BCUT2D eigenvalue weighted by Crippen LogP contribution is 2.14. The van der Waals surface area contributed by atoms with Crippen molar-refractivity contribution in [2.45, 2.75) is 52.0 Å². The Morgan fingerprint density at radius 1 is 1.04 bits per heavy atom. The summed E-state index contributed by atoms with van der Waals surface area (Å²) in [7, 11) is 0. The van der Waals surface area contributed by atoms with E-state index in [0.29, 0.717) is 16.8 Å². The van der Waals surface area contributed by atoms with Gasteiger partial charge in [-0.25, -0.2) is 9.97 Å². The standard InChI is InChI=1S/C22H26N4OS/c1-2-3-4-7-18-8-5-6-9-19(18)10-11-26-15-20(21(27)25-22(26)28)12-17-13-23-16-24-14-17/h5-6,8-9,13-16H,2-4,7,10-12H2,1H3,(H,25,27,28). The third kappa shape index (κ3) is 5.45. The number of hydrogen-bond donors (Lipinski definition) is 1. The molecule has 0 aliphatic carbocycles. The molecule has 0 unspecified atom stereocenters. The van der Waals surface area contributed by atoms with E-state index in [1.807, 2.05) is 10.8 Å². The first-order valence-electron chi connectivity index (χ1n) is 9.80. The Morgan fingerprint density at radius 2 is 1.75 bits per heavy atom. The Labute approximate surface area is 170 Å². The van der Waals surface area contributed by atoms with Gasteiger partial charge in [0.15, 0.2) is 4.77 Å². The number of unbranched alkanes of at least 4 members (excludes halogenated alkanes) is 2. The van der Waals surface area contributed by atoms with Gasteiger partial charge in [0.05, 0.1) is 0 Å². The molecule has 0 saturated carbocycles. The van der Waals surface area contributed by atoms with E-state index < -0.39 is 0 Å². The van der Waals surface area contributed by atoms with E-state index in [4.69, 9.17) is 12.2 Å². The number of nitrogens with one attached hydrogen (secondary N) is 1. The van der Waals surface area contributed by atoms with E-state index in [0.717, 1.165) is 24.9 Å². The van der Waals surface area contributed by atoms with Crippen LogP contribution in [0.3, 0.4) is 0 Å². The Morgan fingerprint density at radius 3 is 2.46 bits per heavy atom. The molecule has 2 aromatic heterocycles. The topological polar surface area (TPSA) is 63.6 Å². The fraction of sp³-hybridized carbons (Fsp3) is 0.364. The van der Waals surface area contributed by atoms with Crippen molar-refractivity contribution >= 4 is 12.2 Å². The van der Waals surface area contributed by atoms with Crippen LogP contribution in [-0.4, -0.2) is 19.5 Å². The van der Waals surface area contributed by atoms with Gasteiger partial charge in [-0.1, -0.05) is 44.0 Å². The van der Waals surface area contributed by atoms with E-state index in [-0.39, 0.29) is 5.56 Å². The van der Waals surface area contributed by atoms with Gasteiger partial charge in [0.25, 0.3) is 5.56 Å². The van der Waals surface area contributed by atoms with Gasteiger partial charge >= 0.3 is 0 Å². The van der Waals surface area contributed by atoms with Crippen molar-refractivity contribution in [3.05, 3.63) is 86.6 Å². The summed E-state index contributed by atoms with van der Waals surface area (Å²) < 4.78 is 2.42. The Kier molecular flexibility index (Phi) is 7.25. The van der Waals surface area contributed by atoms with Gasteiger partial charge in [0, 0.05) is 37.1 Å². The minimum atomic E-state index is -0.148. The van der Waals surface area contributed by atoms with E-state index in [9.17, 15) is 4.79 Å². The van der Waals surface area contributed by atoms with Crippen molar-refractivity contribution in [2.75, 3.05) is 0 Å². The van der Waals surface area contributed by atoms with Crippen LogP contribution in [0.5, 0.6) is 0 Å². The number of hydrogen-bond acceptors (Lipinski definition) is 4. The maximum absolute atomic E-state index is 12.3. The van der Waals surface area contributed by atoms with Crippen LogP contribution in [0, 0.1) is 4.77 Å². The maximum Gasteiger partial charge on any atom is 0.255 e. The zero-order valence-electron chi connectivity index (χ0n) is 16.2. The second-order valence-electron chi connectivity index (χ2n) is 7.01. The number of rotatable bonds is 9. The Hall–Kier alpha value is -2.60. The molecule has 2 heterocycles. The fourth-order valence-electron chi connectivity index (χ4n) is 3.34. The van der Waals surface area contributed by atoms with Gasteiger partial charge in [-0.15, -0.1) is 0 Å². The fourth-order valence-corrected chi connectivity index (χ4v) is 3.58. The third-order valence-corrected chi connectivity index (χ3v) is 5.22. The predicted octanol–water partition coefficient (Wildman–Crippen LogP) is 4.26. The molecule has 28 heavy (non-hydrogen) atoms. The van der Waals surface area contributed by atoms with E-state index in [2.05, 4.69) is 46.1 Å². The molecule has 0 fully saturated rings. The lowest BCUT2D eigenvalue weighted by molar-refractivity contribution is 0.648. The van der Waals surface area contributed by atoms with Gasteiger partial charge in [0.1, 0.15) is 6.33 Å². The maximum atomic E-state index is 12.3. The number of aryl methyl sites for hydroxylation is 3. The summed E-state index contributed by atoms with van der Waals surface area (Å²) in [6, 6.07) is 8.61. The van der Waals surface area contributed by atoms with Crippen molar-refractivity contribution in [2.24, 2.45) is 0 Å². The first-order valence-corrected chi connectivity index (χ1v) is 10.2. The van der Waals surface area contributed by atoms with E-state index >= 15 is 0 Å². The van der Waals surface area contributed by atoms with Crippen molar-refractivity contribution < 1.29 is 0 Å². The highest BCUT2D eigenvalue weighted by molar-refractivity contribution is 7.71. The Balaban J connectivity index is 1.75. The quantitative estimate of drug-likeness (QED) is 0.435. The summed E-state index contributed by atoms with van der Waals surface area (Å²) >= 11 is 5.38. The second kappa shape index (κ2) is 10.1. The molecule has 1 N–H and O–H groups in total. The molecule has 146 valence electrons. The average Bonchev–Trinajstić information content (AvgIpc) is 2.71. The van der Waals surface area contributed by atoms with E-state index in [1.54, 1.807) is 12.4 Å².